The van der Waals surface area contributed by atoms with Gasteiger partial charge in [0.25, 0.3) is 11.8 Å². The maximum absolute atomic E-state index is 13.6. The van der Waals surface area contributed by atoms with E-state index < -0.39 is 41.2 Å². The molecule has 62 heavy (non-hydrogen) atoms. The topological polar surface area (TPSA) is 170 Å². The average Bonchev–Trinajstić information content (AvgIpc) is 3.73. The second-order valence-corrected chi connectivity index (χ2v) is 19.5. The molecule has 5 heterocycles. The van der Waals surface area contributed by atoms with Gasteiger partial charge in [0, 0.05) is 72.9 Å². The number of carbonyl (C=O) groups excluding carboxylic acids is 4. The number of hydrogen-bond acceptors (Lipinski definition) is 11. The zero-order valence-corrected chi connectivity index (χ0v) is 35.4. The fraction of sp³-hybridized carbons (Fsp3) is 0.489. The summed E-state index contributed by atoms with van der Waals surface area (Å²) in [5, 5.41) is 20.5. The Morgan fingerprint density at radius 3 is 2.48 bits per heavy atom. The van der Waals surface area contributed by atoms with Crippen LogP contribution in [0.3, 0.4) is 0 Å². The Labute approximate surface area is 360 Å². The van der Waals surface area contributed by atoms with Crippen LogP contribution in [0.4, 0.5) is 24.5 Å². The molecule has 326 valence electrons. The zero-order valence-electron chi connectivity index (χ0n) is 34.6. The van der Waals surface area contributed by atoms with Gasteiger partial charge in [-0.25, -0.2) is 15.0 Å². The summed E-state index contributed by atoms with van der Waals surface area (Å²) in [5.41, 5.74) is 2.46. The van der Waals surface area contributed by atoms with Crippen LogP contribution in [-0.2, 0) is 21.4 Å². The lowest BCUT2D eigenvalue weighted by atomic mass is 9.57. The molecule has 4 N–H and O–H groups in total. The van der Waals surface area contributed by atoms with Crippen molar-refractivity contribution in [3.05, 3.63) is 82.4 Å². The minimum atomic E-state index is -4.80. The zero-order chi connectivity index (χ0) is 43.7. The Balaban J connectivity index is 0.735. The molecule has 2 saturated heterocycles. The first kappa shape index (κ1) is 42.1. The van der Waals surface area contributed by atoms with Crippen LogP contribution in [0, 0.1) is 17.3 Å². The highest BCUT2D eigenvalue weighted by Gasteiger charge is 2.52. The molecule has 2 aliphatic carbocycles. The molecule has 17 heteroatoms. The highest BCUT2D eigenvalue weighted by molar-refractivity contribution is 7.18. The SMILES string of the molecule is C=C1c2cccc(NCCC3CC4(C3)CN(CC3CCC(c5nc6cc(C(C)(C)O)c(NC(=O)c7ccnc(C(F)(F)F)n7)cc6s5)CC3)C4)c2C(=O)N1C1CCC(=O)NC1=O. The Hall–Kier alpha value is -5.26. The molecule has 2 saturated carbocycles. The van der Waals surface area contributed by atoms with Gasteiger partial charge in [-0.3, -0.25) is 29.4 Å². The van der Waals surface area contributed by atoms with Crippen LogP contribution in [0.15, 0.2) is 49.2 Å². The highest BCUT2D eigenvalue weighted by atomic mass is 32.1. The lowest BCUT2D eigenvalue weighted by molar-refractivity contribution is -0.145. The smallest absolute Gasteiger partial charge is 0.386 e. The van der Waals surface area contributed by atoms with Crippen LogP contribution in [0.1, 0.15) is 120 Å². The Morgan fingerprint density at radius 1 is 1.02 bits per heavy atom. The fourth-order valence-corrected chi connectivity index (χ4v) is 11.6. The van der Waals surface area contributed by atoms with Gasteiger partial charge < -0.3 is 20.6 Å². The van der Waals surface area contributed by atoms with Gasteiger partial charge in [0.1, 0.15) is 11.7 Å². The Bertz CT molecular complexity index is 2480. The first-order valence-electron chi connectivity index (χ1n) is 21.3. The van der Waals surface area contributed by atoms with Crippen molar-refractivity contribution in [2.45, 2.75) is 95.4 Å². The molecule has 2 aromatic heterocycles. The number of likely N-dealkylation sites (tertiary alicyclic amines) is 1. The van der Waals surface area contributed by atoms with E-state index in [-0.39, 0.29) is 30.3 Å². The van der Waals surface area contributed by atoms with Crippen molar-refractivity contribution >= 4 is 62.3 Å². The van der Waals surface area contributed by atoms with Crippen LogP contribution in [0.2, 0.25) is 0 Å². The number of piperidine rings is 1. The maximum Gasteiger partial charge on any atom is 0.451 e. The standard InChI is InChI=1S/C45H49F3N8O5S/c1-24-28-5-4-6-30(37(28)41(60)56(24)34-11-12-36(57)54-39(34)59)49-15-13-26-19-44(20-26)22-55(23-44)21-25-7-9-27(10-8-25)40-52-33-17-29(43(2,3)61)32(18-35(33)62-40)51-38(58)31-14-16-50-42(53-31)45(46,47)48/h4-6,14,16-18,25-27,34,49,61H,1,7-13,15,19-23H2,2-3H3,(H,51,58)(H,54,57,59). The summed E-state index contributed by atoms with van der Waals surface area (Å²) in [7, 11) is 0. The molecular weight excluding hydrogens is 822 g/mol. The maximum atomic E-state index is 13.6. The van der Waals surface area contributed by atoms with Gasteiger partial charge in [-0.05, 0) is 107 Å². The second kappa shape index (κ2) is 15.8. The van der Waals surface area contributed by atoms with Crippen molar-refractivity contribution in [1.82, 2.24) is 30.1 Å². The molecule has 13 nitrogen and oxygen atoms in total. The third-order valence-electron chi connectivity index (χ3n) is 13.4. The van der Waals surface area contributed by atoms with Gasteiger partial charge in [-0.15, -0.1) is 11.3 Å². The van der Waals surface area contributed by atoms with E-state index in [1.54, 1.807) is 37.3 Å². The molecule has 3 aliphatic heterocycles. The number of thiazole rings is 1. The van der Waals surface area contributed by atoms with Gasteiger partial charge in [-0.1, -0.05) is 18.7 Å². The van der Waals surface area contributed by atoms with Crippen LogP contribution in [-0.4, -0.2) is 85.7 Å². The molecule has 1 spiro atoms. The number of alkyl halides is 3. The fourth-order valence-electron chi connectivity index (χ4n) is 10.4. The van der Waals surface area contributed by atoms with Gasteiger partial charge in [0.05, 0.1) is 26.4 Å². The third kappa shape index (κ3) is 8.10. The molecule has 9 rings (SSSR count). The normalized spacial score (nSPS) is 23.0. The molecule has 2 aromatic carbocycles. The van der Waals surface area contributed by atoms with E-state index in [0.29, 0.717) is 51.1 Å². The molecule has 4 aromatic rings. The van der Waals surface area contributed by atoms with Crippen molar-refractivity contribution in [3.8, 4) is 0 Å². The van der Waals surface area contributed by atoms with Crippen molar-refractivity contribution in [2.24, 2.45) is 17.3 Å². The number of aliphatic hydroxyl groups is 1. The number of nitrogens with zero attached hydrogens (tertiary/aromatic N) is 5. The highest BCUT2D eigenvalue weighted by Crippen LogP contribution is 2.54. The summed E-state index contributed by atoms with van der Waals surface area (Å²) >= 11 is 1.55. The molecule has 1 unspecified atom stereocenters. The summed E-state index contributed by atoms with van der Waals surface area (Å²) in [6, 6.07) is 9.49. The van der Waals surface area contributed by atoms with Crippen LogP contribution in [0.5, 0.6) is 0 Å². The van der Waals surface area contributed by atoms with Crippen molar-refractivity contribution in [3.63, 3.8) is 0 Å². The number of aromatic nitrogens is 3. The number of fused-ring (bicyclic) bond motifs is 2. The van der Waals surface area contributed by atoms with E-state index in [2.05, 4.69) is 37.4 Å². The molecular formula is C45H49F3N8O5S. The molecule has 4 fully saturated rings. The van der Waals surface area contributed by atoms with Crippen LogP contribution >= 0.6 is 11.3 Å². The first-order chi connectivity index (χ1) is 29.4. The van der Waals surface area contributed by atoms with E-state index in [0.717, 1.165) is 85.9 Å². The van der Waals surface area contributed by atoms with E-state index in [1.807, 2.05) is 18.2 Å². The van der Waals surface area contributed by atoms with Gasteiger partial charge in [-0.2, -0.15) is 13.2 Å². The van der Waals surface area contributed by atoms with E-state index in [4.69, 9.17) is 4.98 Å². The number of halogens is 3. The Kier molecular flexibility index (Phi) is 10.7. The van der Waals surface area contributed by atoms with Crippen LogP contribution < -0.4 is 16.0 Å². The van der Waals surface area contributed by atoms with Gasteiger partial charge in [0.15, 0.2) is 0 Å². The largest absolute Gasteiger partial charge is 0.451 e. The lowest BCUT2D eigenvalue weighted by Gasteiger charge is -2.60. The average molecular weight is 871 g/mol. The van der Waals surface area contributed by atoms with Crippen LogP contribution in [0.25, 0.3) is 15.9 Å². The molecule has 0 bridgehead atoms. The minimum Gasteiger partial charge on any atom is -0.386 e. The molecule has 0 radical (unpaired) electrons. The predicted molar refractivity (Wildman–Crippen MR) is 227 cm³/mol. The summed E-state index contributed by atoms with van der Waals surface area (Å²) in [5.74, 6) is -1.74. The van der Waals surface area contributed by atoms with E-state index in [9.17, 15) is 37.5 Å². The molecule has 5 aliphatic rings. The summed E-state index contributed by atoms with van der Waals surface area (Å²) in [6.07, 6.45) is 4.25. The quantitative estimate of drug-likeness (QED) is 0.112. The van der Waals surface area contributed by atoms with E-state index >= 15 is 0 Å². The minimum absolute atomic E-state index is 0.186. The van der Waals surface area contributed by atoms with Crippen molar-refractivity contribution in [1.29, 1.82) is 0 Å². The number of nitrogens with one attached hydrogen (secondary N) is 3. The lowest BCUT2D eigenvalue weighted by Crippen LogP contribution is -2.63. The van der Waals surface area contributed by atoms with Gasteiger partial charge >= 0.3 is 6.18 Å². The number of rotatable bonds is 11. The number of anilines is 2. The second-order valence-electron chi connectivity index (χ2n) is 18.4. The number of imide groups is 1. The number of carbonyl (C=O) groups is 4. The molecule has 4 amide bonds. The molecule has 1 atom stereocenters. The number of amides is 4. The Morgan fingerprint density at radius 2 is 1.77 bits per heavy atom. The summed E-state index contributed by atoms with van der Waals surface area (Å²) < 4.78 is 40.4. The monoisotopic (exact) mass is 870 g/mol. The van der Waals surface area contributed by atoms with Crippen molar-refractivity contribution < 1.29 is 37.5 Å². The predicted octanol–water partition coefficient (Wildman–Crippen LogP) is 7.30. The van der Waals surface area contributed by atoms with Gasteiger partial charge in [0.2, 0.25) is 17.6 Å². The summed E-state index contributed by atoms with van der Waals surface area (Å²) in [6.45, 7) is 11.4. The number of benzene rings is 2. The van der Waals surface area contributed by atoms with Crippen molar-refractivity contribution in [2.75, 3.05) is 36.8 Å². The van der Waals surface area contributed by atoms with E-state index in [1.165, 1.54) is 17.7 Å². The number of hydrogen-bond donors (Lipinski definition) is 4. The third-order valence-corrected chi connectivity index (χ3v) is 14.5. The summed E-state index contributed by atoms with van der Waals surface area (Å²) in [4.78, 5) is 66.6. The first-order valence-corrected chi connectivity index (χ1v) is 22.1.